The minimum Gasteiger partial charge on any atom is -0.481 e. The van der Waals surface area contributed by atoms with Crippen molar-refractivity contribution in [3.05, 3.63) is 83.7 Å². The highest BCUT2D eigenvalue weighted by Crippen LogP contribution is 2.52. The van der Waals surface area contributed by atoms with E-state index in [1.54, 1.807) is 28.9 Å². The molecule has 4 aromatic heterocycles. The monoisotopic (exact) mass is 600 g/mol. The highest BCUT2D eigenvalue weighted by molar-refractivity contribution is 7.32. The molecular weight excluding hydrogens is 577 g/mol. The normalized spacial score (nSPS) is 14.8. The average Bonchev–Trinajstić information content (AvgIpc) is 3.21. The molecule has 7 rings (SSSR count). The lowest BCUT2D eigenvalue weighted by molar-refractivity contribution is -0.140. The van der Waals surface area contributed by atoms with Gasteiger partial charge in [-0.25, -0.2) is 4.79 Å². The Hall–Kier alpha value is -3.99. The van der Waals surface area contributed by atoms with Crippen LogP contribution < -0.4 is 5.32 Å². The summed E-state index contributed by atoms with van der Waals surface area (Å²) < 4.78 is 18.1. The second-order valence-corrected chi connectivity index (χ2v) is 13.2. The van der Waals surface area contributed by atoms with Gasteiger partial charge in [-0.2, -0.15) is 4.37 Å². The Labute approximate surface area is 247 Å². The summed E-state index contributed by atoms with van der Waals surface area (Å²) in [6.07, 6.45) is 1.98. The molecular formula is C31H24N2O5S3. The van der Waals surface area contributed by atoms with E-state index in [0.29, 0.717) is 24.1 Å². The summed E-state index contributed by atoms with van der Waals surface area (Å²) in [7, 11) is 0. The molecule has 6 aromatic rings. The maximum absolute atomic E-state index is 12.8. The molecule has 1 amide bonds. The minimum atomic E-state index is -0.820. The second-order valence-electron chi connectivity index (χ2n) is 10.3. The molecule has 1 atom stereocenters. The van der Waals surface area contributed by atoms with Crippen molar-refractivity contribution in [2.24, 2.45) is 0 Å². The van der Waals surface area contributed by atoms with Crippen molar-refractivity contribution in [2.75, 3.05) is 5.32 Å². The minimum absolute atomic E-state index is 0.381. The number of furan rings is 1. The number of aliphatic carboxylic acids is 1. The average molecular weight is 601 g/mol. The number of benzene rings is 2. The molecule has 206 valence electrons. The summed E-state index contributed by atoms with van der Waals surface area (Å²) in [4.78, 5) is 27.7. The molecule has 1 aliphatic rings. The van der Waals surface area contributed by atoms with E-state index < -0.39 is 17.5 Å². The van der Waals surface area contributed by atoms with Gasteiger partial charge < -0.3 is 14.3 Å². The van der Waals surface area contributed by atoms with Crippen molar-refractivity contribution in [3.63, 3.8) is 0 Å². The number of nitrogens with zero attached hydrogens (tertiary/aromatic N) is 1. The van der Waals surface area contributed by atoms with Crippen LogP contribution in [0.4, 0.5) is 10.5 Å². The Kier molecular flexibility index (Phi) is 6.22. The maximum Gasteiger partial charge on any atom is 0.412 e. The Morgan fingerprint density at radius 3 is 2.51 bits per heavy atom. The zero-order valence-corrected chi connectivity index (χ0v) is 24.5. The number of fused-ring (bicyclic) bond motifs is 2. The third kappa shape index (κ3) is 4.52. The number of carbonyl (C=O) groups is 2. The third-order valence-corrected chi connectivity index (χ3v) is 11.1. The van der Waals surface area contributed by atoms with E-state index in [9.17, 15) is 14.7 Å². The van der Waals surface area contributed by atoms with Crippen molar-refractivity contribution in [1.29, 1.82) is 0 Å². The zero-order chi connectivity index (χ0) is 28.3. The first-order valence-electron chi connectivity index (χ1n) is 13.1. The quantitative estimate of drug-likeness (QED) is 0.189. The van der Waals surface area contributed by atoms with Gasteiger partial charge in [-0.15, -0.1) is 22.7 Å². The van der Waals surface area contributed by atoms with Crippen LogP contribution in [-0.2, 0) is 14.9 Å². The first-order chi connectivity index (χ1) is 19.8. The van der Waals surface area contributed by atoms with E-state index in [0.717, 1.165) is 51.8 Å². The van der Waals surface area contributed by atoms with Gasteiger partial charge >= 0.3 is 12.1 Å². The predicted molar refractivity (Wildman–Crippen MR) is 164 cm³/mol. The van der Waals surface area contributed by atoms with E-state index in [2.05, 4.69) is 21.8 Å². The summed E-state index contributed by atoms with van der Waals surface area (Å²) >= 11 is 4.69. The third-order valence-electron chi connectivity index (χ3n) is 7.61. The van der Waals surface area contributed by atoms with Crippen molar-refractivity contribution < 1.29 is 23.8 Å². The number of hydrogen-bond acceptors (Lipinski definition) is 8. The van der Waals surface area contributed by atoms with Crippen LogP contribution in [0.5, 0.6) is 0 Å². The summed E-state index contributed by atoms with van der Waals surface area (Å²) in [6, 6.07) is 19.9. The van der Waals surface area contributed by atoms with Gasteiger partial charge in [0.1, 0.15) is 11.7 Å². The van der Waals surface area contributed by atoms with E-state index in [-0.39, 0.29) is 6.10 Å². The fraction of sp³-hybridized carbons (Fsp3) is 0.194. The Bertz CT molecular complexity index is 1910. The Balaban J connectivity index is 1.14. The first kappa shape index (κ1) is 25.9. The number of rotatable bonds is 7. The first-order valence-corrected chi connectivity index (χ1v) is 15.5. The van der Waals surface area contributed by atoms with Gasteiger partial charge in [-0.1, -0.05) is 30.3 Å². The summed E-state index contributed by atoms with van der Waals surface area (Å²) in [6.45, 7) is 3.72. The molecule has 2 N–H and O–H groups in total. The lowest BCUT2D eigenvalue weighted by Crippen LogP contribution is -2.18. The molecule has 0 bridgehead atoms. The molecule has 0 aliphatic heterocycles. The number of hydrogen-bond donors (Lipinski definition) is 2. The van der Waals surface area contributed by atoms with Gasteiger partial charge in [0.25, 0.3) is 0 Å². The van der Waals surface area contributed by atoms with E-state index in [1.165, 1.54) is 11.5 Å². The predicted octanol–water partition coefficient (Wildman–Crippen LogP) is 9.23. The topological polar surface area (TPSA) is 102 Å². The van der Waals surface area contributed by atoms with E-state index in [1.807, 2.05) is 62.4 Å². The molecule has 1 saturated carbocycles. The molecule has 4 heterocycles. The molecule has 7 nitrogen and oxygen atoms in total. The number of anilines is 1. The number of carboxylic acids is 1. The fourth-order valence-electron chi connectivity index (χ4n) is 5.14. The van der Waals surface area contributed by atoms with Crippen molar-refractivity contribution in [2.45, 2.75) is 38.2 Å². The number of aromatic nitrogens is 1. The number of carbonyl (C=O) groups excluding carboxylic acids is 1. The Morgan fingerprint density at radius 2 is 1.78 bits per heavy atom. The largest absolute Gasteiger partial charge is 0.481 e. The van der Waals surface area contributed by atoms with Gasteiger partial charge in [0, 0.05) is 25.2 Å². The van der Waals surface area contributed by atoms with Gasteiger partial charge in [-0.05, 0) is 79.7 Å². The molecule has 0 saturated heterocycles. The van der Waals surface area contributed by atoms with Crippen LogP contribution in [0.2, 0.25) is 0 Å². The standard InChI is InChI=1S/C31H24N2O5S3/c1-16-27(32-30(36)38-17(2)18-6-4-3-5-7-18)28(41-33-16)26-14-25-24(40-26)13-23(39-25)19-8-9-22-20(12-19)21(15-37-22)31(10-11-31)29(34)35/h3-9,12-15,17H,10-11H2,1-2H3,(H,32,36)(H,34,35)/t17-/m1/s1. The van der Waals surface area contributed by atoms with Crippen LogP contribution in [0, 0.1) is 6.92 Å². The number of nitrogens with one attached hydrogen (secondary N) is 1. The summed E-state index contributed by atoms with van der Waals surface area (Å²) in [5.74, 6) is -0.791. The van der Waals surface area contributed by atoms with Gasteiger partial charge in [0.2, 0.25) is 0 Å². The fourth-order valence-corrected chi connectivity index (χ4v) is 8.47. The summed E-state index contributed by atoms with van der Waals surface area (Å²) in [5, 5.41) is 13.6. The lowest BCUT2D eigenvalue weighted by atomic mass is 9.95. The molecule has 2 aromatic carbocycles. The molecule has 0 radical (unpaired) electrons. The molecule has 10 heteroatoms. The van der Waals surface area contributed by atoms with Gasteiger partial charge in [0.15, 0.2) is 0 Å². The van der Waals surface area contributed by atoms with E-state index >= 15 is 0 Å². The molecule has 1 fully saturated rings. The van der Waals surface area contributed by atoms with Gasteiger partial charge in [-0.3, -0.25) is 10.1 Å². The maximum atomic E-state index is 12.8. The smallest absolute Gasteiger partial charge is 0.412 e. The van der Waals surface area contributed by atoms with Crippen molar-refractivity contribution in [3.8, 4) is 20.2 Å². The number of thiophene rings is 2. The highest BCUT2D eigenvalue weighted by Gasteiger charge is 2.53. The van der Waals surface area contributed by atoms with Crippen LogP contribution in [-0.4, -0.2) is 21.5 Å². The van der Waals surface area contributed by atoms with Crippen LogP contribution in [0.15, 0.2) is 71.3 Å². The number of carboxylic acid groups (broad SMARTS) is 1. The Morgan fingerprint density at radius 1 is 1.05 bits per heavy atom. The second kappa shape index (κ2) is 9.83. The van der Waals surface area contributed by atoms with Crippen LogP contribution in [0.1, 0.15) is 42.7 Å². The zero-order valence-electron chi connectivity index (χ0n) is 22.1. The highest BCUT2D eigenvalue weighted by atomic mass is 32.1. The van der Waals surface area contributed by atoms with Crippen LogP contribution in [0.3, 0.4) is 0 Å². The van der Waals surface area contributed by atoms with Gasteiger partial charge in [0.05, 0.1) is 32.8 Å². The molecule has 0 unspecified atom stereocenters. The van der Waals surface area contributed by atoms with Crippen molar-refractivity contribution in [1.82, 2.24) is 4.37 Å². The SMILES string of the molecule is Cc1nsc(-c2cc3sc(-c4ccc5occ(C6(C(=O)O)CC6)c5c4)cc3s2)c1NC(=O)O[C@H](C)c1ccccc1. The van der Waals surface area contributed by atoms with E-state index in [4.69, 9.17) is 9.15 Å². The molecule has 41 heavy (non-hydrogen) atoms. The molecule has 1 aliphatic carbocycles. The van der Waals surface area contributed by atoms with Crippen molar-refractivity contribution >= 4 is 72.3 Å². The number of ether oxygens (including phenoxy) is 1. The van der Waals surface area contributed by atoms with Crippen LogP contribution >= 0.6 is 34.2 Å². The number of aryl methyl sites for hydroxylation is 1. The number of amides is 1. The van der Waals surface area contributed by atoms with Crippen LogP contribution in [0.25, 0.3) is 40.6 Å². The lowest BCUT2D eigenvalue weighted by Gasteiger charge is -2.14. The summed E-state index contributed by atoms with van der Waals surface area (Å²) in [5.41, 5.74) is 4.01. The molecule has 0 spiro atoms.